The molecule has 8 heteroatoms. The fourth-order valence-corrected chi connectivity index (χ4v) is 3.67. The molecule has 2 heterocycles. The zero-order chi connectivity index (χ0) is 17.8. The molecule has 1 aromatic carbocycles. The topological polar surface area (TPSA) is 78.5 Å². The molecule has 0 radical (unpaired) electrons. The number of rotatable bonds is 7. The van der Waals surface area contributed by atoms with Crippen molar-refractivity contribution >= 4 is 22.7 Å². The number of aromatic nitrogens is 6. The van der Waals surface area contributed by atoms with Crippen LogP contribution in [0.3, 0.4) is 0 Å². The molecule has 132 valence electrons. The molecule has 1 atom stereocenters. The van der Waals surface area contributed by atoms with E-state index in [1.54, 1.807) is 9.25 Å². The molecular formula is C17H22N6OS. The molecule has 3 aromatic rings. The third kappa shape index (κ3) is 3.58. The predicted molar refractivity (Wildman–Crippen MR) is 98.7 cm³/mol. The van der Waals surface area contributed by atoms with Gasteiger partial charge in [0, 0.05) is 12.6 Å². The first kappa shape index (κ1) is 17.6. The van der Waals surface area contributed by atoms with Gasteiger partial charge in [-0.15, -0.1) is 5.10 Å². The second-order valence-corrected chi connectivity index (χ2v) is 6.89. The Balaban J connectivity index is 1.99. The Labute approximate surface area is 150 Å². The van der Waals surface area contributed by atoms with Crippen LogP contribution in [0.1, 0.15) is 45.5 Å². The summed E-state index contributed by atoms with van der Waals surface area (Å²) >= 11 is 1.51. The van der Waals surface area contributed by atoms with Crippen LogP contribution in [0.25, 0.3) is 10.9 Å². The Hall–Kier alpha value is -2.22. The zero-order valence-corrected chi connectivity index (χ0v) is 15.5. The minimum Gasteiger partial charge on any atom is -0.284 e. The summed E-state index contributed by atoms with van der Waals surface area (Å²) in [6.07, 6.45) is 1.83. The molecule has 2 aromatic heterocycles. The summed E-state index contributed by atoms with van der Waals surface area (Å²) in [4.78, 5) is 17.7. The van der Waals surface area contributed by atoms with E-state index in [4.69, 9.17) is 4.98 Å². The first-order valence-corrected chi connectivity index (χ1v) is 9.53. The fraction of sp³-hybridized carbons (Fsp3) is 0.471. The fourth-order valence-electron chi connectivity index (χ4n) is 2.64. The van der Waals surface area contributed by atoms with Crippen molar-refractivity contribution in [2.75, 3.05) is 0 Å². The maximum absolute atomic E-state index is 12.9. The van der Waals surface area contributed by atoms with Crippen molar-refractivity contribution in [2.24, 2.45) is 0 Å². The van der Waals surface area contributed by atoms with E-state index in [0.717, 1.165) is 30.7 Å². The zero-order valence-electron chi connectivity index (χ0n) is 14.7. The molecule has 0 fully saturated rings. The van der Waals surface area contributed by atoms with Crippen LogP contribution in [0.2, 0.25) is 0 Å². The average molecular weight is 358 g/mol. The third-order valence-corrected chi connectivity index (χ3v) is 5.13. The monoisotopic (exact) mass is 358 g/mol. The predicted octanol–water partition coefficient (Wildman–Crippen LogP) is 3.06. The third-order valence-electron chi connectivity index (χ3n) is 4.18. The smallest absolute Gasteiger partial charge is 0.262 e. The van der Waals surface area contributed by atoms with Gasteiger partial charge in [-0.1, -0.05) is 37.7 Å². The molecule has 7 nitrogen and oxygen atoms in total. The standard InChI is InChI=1S/C17H22N6OS/c1-4-10-22-15(19-20-21-22)11-25-17-18-14-9-7-6-8-13(14)16(24)23(17)12(3)5-2/h6-9,12H,4-5,10-11H2,1-3H3/t12-/m1/s1. The van der Waals surface area contributed by atoms with Crippen molar-refractivity contribution < 1.29 is 0 Å². The van der Waals surface area contributed by atoms with Crippen LogP contribution < -0.4 is 5.56 Å². The second-order valence-electron chi connectivity index (χ2n) is 5.95. The summed E-state index contributed by atoms with van der Waals surface area (Å²) in [6, 6.07) is 7.57. The highest BCUT2D eigenvalue weighted by Gasteiger charge is 2.16. The molecule has 0 bridgehead atoms. The summed E-state index contributed by atoms with van der Waals surface area (Å²) < 4.78 is 3.60. The van der Waals surface area contributed by atoms with Crippen molar-refractivity contribution in [2.45, 2.75) is 57.1 Å². The molecule has 0 aliphatic carbocycles. The van der Waals surface area contributed by atoms with Gasteiger partial charge >= 0.3 is 0 Å². The number of tetrazole rings is 1. The van der Waals surface area contributed by atoms with Crippen molar-refractivity contribution in [1.29, 1.82) is 0 Å². The van der Waals surface area contributed by atoms with Gasteiger partial charge in [0.25, 0.3) is 5.56 Å². The lowest BCUT2D eigenvalue weighted by molar-refractivity contribution is 0.468. The van der Waals surface area contributed by atoms with Crippen LogP contribution in [-0.2, 0) is 12.3 Å². The minimum absolute atomic E-state index is 0.00981. The summed E-state index contributed by atoms with van der Waals surface area (Å²) in [7, 11) is 0. The Morgan fingerprint density at radius 2 is 2.04 bits per heavy atom. The van der Waals surface area contributed by atoms with Gasteiger partial charge in [-0.3, -0.25) is 9.36 Å². The van der Waals surface area contributed by atoms with Gasteiger partial charge in [-0.25, -0.2) is 9.67 Å². The van der Waals surface area contributed by atoms with E-state index < -0.39 is 0 Å². The van der Waals surface area contributed by atoms with E-state index in [2.05, 4.69) is 29.4 Å². The van der Waals surface area contributed by atoms with Crippen molar-refractivity contribution in [3.8, 4) is 0 Å². The van der Waals surface area contributed by atoms with Crippen LogP contribution in [0.5, 0.6) is 0 Å². The van der Waals surface area contributed by atoms with Crippen LogP contribution in [0, 0.1) is 0 Å². The molecule has 0 spiro atoms. The van der Waals surface area contributed by atoms with Gasteiger partial charge in [0.1, 0.15) is 0 Å². The number of benzene rings is 1. The van der Waals surface area contributed by atoms with Crippen LogP contribution in [0.4, 0.5) is 0 Å². The van der Waals surface area contributed by atoms with Crippen molar-refractivity contribution in [3.05, 3.63) is 40.4 Å². The van der Waals surface area contributed by atoms with Gasteiger partial charge in [0.05, 0.1) is 16.7 Å². The van der Waals surface area contributed by atoms with Crippen LogP contribution >= 0.6 is 11.8 Å². The van der Waals surface area contributed by atoms with E-state index in [-0.39, 0.29) is 11.6 Å². The van der Waals surface area contributed by atoms with Gasteiger partial charge in [0.2, 0.25) is 0 Å². The largest absolute Gasteiger partial charge is 0.284 e. The van der Waals surface area contributed by atoms with Crippen LogP contribution in [0.15, 0.2) is 34.2 Å². The molecule has 0 saturated heterocycles. The number of thioether (sulfide) groups is 1. The SMILES string of the molecule is CCCn1nnnc1CSc1nc2ccccc2c(=O)n1[C@H](C)CC. The number of aryl methyl sites for hydroxylation is 1. The van der Waals surface area contributed by atoms with Gasteiger partial charge in [-0.05, 0) is 42.3 Å². The number of fused-ring (bicyclic) bond motifs is 1. The Morgan fingerprint density at radius 1 is 1.24 bits per heavy atom. The van der Waals surface area contributed by atoms with Gasteiger partial charge in [0.15, 0.2) is 11.0 Å². The molecule has 25 heavy (non-hydrogen) atoms. The molecular weight excluding hydrogens is 336 g/mol. The highest BCUT2D eigenvalue weighted by atomic mass is 32.2. The second kappa shape index (κ2) is 7.77. The van der Waals surface area contributed by atoms with E-state index in [9.17, 15) is 4.79 Å². The molecule has 3 rings (SSSR count). The summed E-state index contributed by atoms with van der Waals surface area (Å²) in [5.74, 6) is 1.37. The maximum Gasteiger partial charge on any atom is 0.262 e. The first-order valence-electron chi connectivity index (χ1n) is 8.54. The number of hydrogen-bond acceptors (Lipinski definition) is 6. The van der Waals surface area contributed by atoms with E-state index in [1.165, 1.54) is 11.8 Å². The molecule has 0 aliphatic heterocycles. The summed E-state index contributed by atoms with van der Waals surface area (Å²) in [6.45, 7) is 6.99. The number of hydrogen-bond donors (Lipinski definition) is 0. The Bertz CT molecular complexity index is 919. The molecule has 0 N–H and O–H groups in total. The highest BCUT2D eigenvalue weighted by molar-refractivity contribution is 7.98. The van der Waals surface area contributed by atoms with E-state index in [1.807, 2.05) is 31.2 Å². The normalized spacial score (nSPS) is 12.6. The van der Waals surface area contributed by atoms with Crippen molar-refractivity contribution in [1.82, 2.24) is 29.8 Å². The Morgan fingerprint density at radius 3 is 2.80 bits per heavy atom. The number of para-hydroxylation sites is 1. The Kier molecular flexibility index (Phi) is 5.47. The van der Waals surface area contributed by atoms with E-state index >= 15 is 0 Å². The van der Waals surface area contributed by atoms with Gasteiger partial charge in [-0.2, -0.15) is 0 Å². The molecule has 0 unspecified atom stereocenters. The average Bonchev–Trinajstić information content (AvgIpc) is 3.07. The molecule has 0 amide bonds. The highest BCUT2D eigenvalue weighted by Crippen LogP contribution is 2.24. The quantitative estimate of drug-likeness (QED) is 0.477. The lowest BCUT2D eigenvalue weighted by Gasteiger charge is -2.18. The van der Waals surface area contributed by atoms with E-state index in [0.29, 0.717) is 16.3 Å². The van der Waals surface area contributed by atoms with Crippen molar-refractivity contribution in [3.63, 3.8) is 0 Å². The van der Waals surface area contributed by atoms with Crippen LogP contribution in [-0.4, -0.2) is 29.8 Å². The number of nitrogens with zero attached hydrogens (tertiary/aromatic N) is 6. The summed E-state index contributed by atoms with van der Waals surface area (Å²) in [5, 5.41) is 13.2. The first-order chi connectivity index (χ1) is 12.2. The lowest BCUT2D eigenvalue weighted by Crippen LogP contribution is -2.26. The minimum atomic E-state index is 0.00981. The maximum atomic E-state index is 12.9. The molecule has 0 aliphatic rings. The summed E-state index contributed by atoms with van der Waals surface area (Å²) in [5.41, 5.74) is 0.735. The van der Waals surface area contributed by atoms with Gasteiger partial charge < -0.3 is 0 Å². The lowest BCUT2D eigenvalue weighted by atomic mass is 10.2. The molecule has 0 saturated carbocycles.